The van der Waals surface area contributed by atoms with Crippen molar-refractivity contribution in [1.82, 2.24) is 0 Å². The van der Waals surface area contributed by atoms with Crippen LogP contribution < -0.4 is 0 Å². The molecule has 18 heavy (non-hydrogen) atoms. The van der Waals surface area contributed by atoms with Crippen LogP contribution in [0.2, 0.25) is 0 Å². The van der Waals surface area contributed by atoms with Crippen molar-refractivity contribution in [2.75, 3.05) is 0 Å². The maximum atomic E-state index is 10.9. The van der Waals surface area contributed by atoms with Crippen molar-refractivity contribution in [2.24, 2.45) is 0 Å². The van der Waals surface area contributed by atoms with E-state index in [0.717, 1.165) is 29.2 Å². The molecule has 0 saturated heterocycles. The van der Waals surface area contributed by atoms with E-state index in [0.29, 0.717) is 0 Å². The Morgan fingerprint density at radius 3 is 2.33 bits per heavy atom. The first-order chi connectivity index (χ1) is 8.61. The molecule has 1 aliphatic carbocycles. The van der Waals surface area contributed by atoms with Gasteiger partial charge in [-0.05, 0) is 35.7 Å². The lowest BCUT2D eigenvalue weighted by molar-refractivity contribution is -0.137. The average Bonchev–Trinajstić information content (AvgIpc) is 3.08. The maximum absolute atomic E-state index is 10.9. The normalized spacial score (nSPS) is 16.7. The highest BCUT2D eigenvalue weighted by Gasteiger charge is 2.47. The minimum Gasteiger partial charge on any atom is -0.508 e. The summed E-state index contributed by atoms with van der Waals surface area (Å²) in [6, 6.07) is 11.4. The summed E-state index contributed by atoms with van der Waals surface area (Å²) >= 11 is 0. The van der Waals surface area contributed by atoms with Crippen molar-refractivity contribution >= 4 is 16.7 Å². The molecule has 3 nitrogen and oxygen atoms in total. The molecule has 1 fully saturated rings. The molecule has 2 aromatic rings. The molecule has 0 radical (unpaired) electrons. The molecule has 0 bridgehead atoms. The Morgan fingerprint density at radius 2 is 1.78 bits per heavy atom. The van der Waals surface area contributed by atoms with Crippen LogP contribution in [0.4, 0.5) is 0 Å². The number of phenols is 1. The van der Waals surface area contributed by atoms with Crippen molar-refractivity contribution in [1.29, 1.82) is 0 Å². The standard InChI is InChI=1S/C15H14O3/c16-13-8-11-4-2-1-3-10(11)7-12(13)15(5-6-15)9-14(17)18/h1-4,7-8,16H,5-6,9H2,(H,17,18). The summed E-state index contributed by atoms with van der Waals surface area (Å²) in [5.41, 5.74) is 0.434. The number of aliphatic carboxylic acids is 1. The molecule has 3 heteroatoms. The lowest BCUT2D eigenvalue weighted by Gasteiger charge is -2.15. The number of benzene rings is 2. The number of fused-ring (bicyclic) bond motifs is 1. The third-order valence-corrected chi connectivity index (χ3v) is 3.78. The van der Waals surface area contributed by atoms with E-state index in [1.165, 1.54) is 0 Å². The topological polar surface area (TPSA) is 57.5 Å². The Balaban J connectivity index is 2.12. The van der Waals surface area contributed by atoms with Gasteiger partial charge >= 0.3 is 5.97 Å². The van der Waals surface area contributed by atoms with E-state index in [1.54, 1.807) is 6.07 Å². The second-order valence-corrected chi connectivity index (χ2v) is 5.07. The number of carbonyl (C=O) groups is 1. The van der Waals surface area contributed by atoms with Crippen LogP contribution in [0, 0.1) is 0 Å². The maximum Gasteiger partial charge on any atom is 0.304 e. The minimum atomic E-state index is -0.806. The van der Waals surface area contributed by atoms with Crippen molar-refractivity contribution < 1.29 is 15.0 Å². The molecule has 0 amide bonds. The number of carboxylic acids is 1. The van der Waals surface area contributed by atoms with Gasteiger partial charge in [0.15, 0.2) is 0 Å². The van der Waals surface area contributed by atoms with E-state index in [2.05, 4.69) is 0 Å². The predicted octanol–water partition coefficient (Wildman–Crippen LogP) is 3.05. The molecule has 0 spiro atoms. The summed E-state index contributed by atoms with van der Waals surface area (Å²) < 4.78 is 0. The van der Waals surface area contributed by atoms with Gasteiger partial charge in [0.05, 0.1) is 6.42 Å². The van der Waals surface area contributed by atoms with Crippen LogP contribution in [0.25, 0.3) is 10.8 Å². The molecule has 2 aromatic carbocycles. The second-order valence-electron chi connectivity index (χ2n) is 5.07. The van der Waals surface area contributed by atoms with Gasteiger partial charge in [0.25, 0.3) is 0 Å². The zero-order valence-corrected chi connectivity index (χ0v) is 9.89. The first-order valence-corrected chi connectivity index (χ1v) is 6.05. The third-order valence-electron chi connectivity index (χ3n) is 3.78. The molecule has 2 N–H and O–H groups in total. The Labute approximate surface area is 105 Å². The first-order valence-electron chi connectivity index (χ1n) is 6.05. The van der Waals surface area contributed by atoms with Crippen LogP contribution in [0.15, 0.2) is 36.4 Å². The Morgan fingerprint density at radius 1 is 1.17 bits per heavy atom. The van der Waals surface area contributed by atoms with Crippen molar-refractivity contribution in [2.45, 2.75) is 24.7 Å². The van der Waals surface area contributed by atoms with Gasteiger partial charge in [-0.1, -0.05) is 24.3 Å². The van der Waals surface area contributed by atoms with Gasteiger partial charge in [-0.2, -0.15) is 0 Å². The number of carboxylic acid groups (broad SMARTS) is 1. The number of aromatic hydroxyl groups is 1. The summed E-state index contributed by atoms with van der Waals surface area (Å²) in [6.07, 6.45) is 1.77. The fraction of sp³-hybridized carbons (Fsp3) is 0.267. The summed E-state index contributed by atoms with van der Waals surface area (Å²) in [7, 11) is 0. The minimum absolute atomic E-state index is 0.0961. The molecule has 3 rings (SSSR count). The van der Waals surface area contributed by atoms with Crippen LogP contribution >= 0.6 is 0 Å². The fourth-order valence-electron chi connectivity index (χ4n) is 2.63. The van der Waals surface area contributed by atoms with Gasteiger partial charge in [0.1, 0.15) is 5.75 Å². The zero-order chi connectivity index (χ0) is 12.8. The fourth-order valence-corrected chi connectivity index (χ4v) is 2.63. The highest BCUT2D eigenvalue weighted by molar-refractivity contribution is 5.86. The highest BCUT2D eigenvalue weighted by atomic mass is 16.4. The van der Waals surface area contributed by atoms with Gasteiger partial charge < -0.3 is 10.2 Å². The molecule has 0 atom stereocenters. The predicted molar refractivity (Wildman–Crippen MR) is 68.8 cm³/mol. The van der Waals surface area contributed by atoms with Crippen molar-refractivity contribution in [3.05, 3.63) is 42.0 Å². The van der Waals surface area contributed by atoms with E-state index in [1.807, 2.05) is 30.3 Å². The van der Waals surface area contributed by atoms with E-state index in [9.17, 15) is 9.90 Å². The zero-order valence-electron chi connectivity index (χ0n) is 9.89. The van der Waals surface area contributed by atoms with Crippen molar-refractivity contribution in [3.63, 3.8) is 0 Å². The highest BCUT2D eigenvalue weighted by Crippen LogP contribution is 2.54. The molecule has 92 valence electrons. The summed E-state index contributed by atoms with van der Waals surface area (Å²) in [5, 5.41) is 21.1. The SMILES string of the molecule is O=C(O)CC1(c2cc3ccccc3cc2O)CC1. The monoisotopic (exact) mass is 242 g/mol. The molecule has 0 unspecified atom stereocenters. The number of hydrogen-bond acceptors (Lipinski definition) is 2. The van der Waals surface area contributed by atoms with E-state index < -0.39 is 5.97 Å². The van der Waals surface area contributed by atoms with Crippen LogP contribution in [-0.4, -0.2) is 16.2 Å². The molecular weight excluding hydrogens is 228 g/mol. The molecule has 0 heterocycles. The average molecular weight is 242 g/mol. The largest absolute Gasteiger partial charge is 0.508 e. The third kappa shape index (κ3) is 1.72. The van der Waals surface area contributed by atoms with E-state index in [4.69, 9.17) is 5.11 Å². The molecule has 0 aromatic heterocycles. The first kappa shape index (κ1) is 11.1. The smallest absolute Gasteiger partial charge is 0.304 e. The van der Waals surface area contributed by atoms with Crippen LogP contribution in [-0.2, 0) is 10.2 Å². The van der Waals surface area contributed by atoms with Gasteiger partial charge in [0.2, 0.25) is 0 Å². The van der Waals surface area contributed by atoms with Gasteiger partial charge in [-0.25, -0.2) is 0 Å². The Kier molecular flexibility index (Phi) is 2.30. The molecule has 0 aliphatic heterocycles. The number of hydrogen-bond donors (Lipinski definition) is 2. The van der Waals surface area contributed by atoms with Gasteiger partial charge in [-0.15, -0.1) is 0 Å². The van der Waals surface area contributed by atoms with Crippen LogP contribution in [0.5, 0.6) is 5.75 Å². The number of rotatable bonds is 3. The lowest BCUT2D eigenvalue weighted by Crippen LogP contribution is -2.13. The molecule has 1 saturated carbocycles. The van der Waals surface area contributed by atoms with Gasteiger partial charge in [0, 0.05) is 11.0 Å². The molecule has 1 aliphatic rings. The van der Waals surface area contributed by atoms with Gasteiger partial charge in [-0.3, -0.25) is 4.79 Å². The lowest BCUT2D eigenvalue weighted by atomic mass is 9.90. The Hall–Kier alpha value is -2.03. The Bertz CT molecular complexity index is 627. The van der Waals surface area contributed by atoms with Crippen molar-refractivity contribution in [3.8, 4) is 5.75 Å². The summed E-state index contributed by atoms with van der Waals surface area (Å²) in [4.78, 5) is 10.9. The van der Waals surface area contributed by atoms with Crippen LogP contribution in [0.1, 0.15) is 24.8 Å². The summed E-state index contributed by atoms with van der Waals surface area (Å²) in [5.74, 6) is -0.590. The quantitative estimate of drug-likeness (QED) is 0.869. The summed E-state index contributed by atoms with van der Waals surface area (Å²) in [6.45, 7) is 0. The second kappa shape index (κ2) is 3.73. The molecular formula is C15H14O3. The van der Waals surface area contributed by atoms with E-state index >= 15 is 0 Å². The number of phenolic OH excluding ortho intramolecular Hbond substituents is 1. The van der Waals surface area contributed by atoms with Crippen LogP contribution in [0.3, 0.4) is 0 Å². The van der Waals surface area contributed by atoms with E-state index in [-0.39, 0.29) is 17.6 Å².